The van der Waals surface area contributed by atoms with Crippen molar-refractivity contribution in [1.82, 2.24) is 9.97 Å². The largest absolute Gasteiger partial charge is 0.438 e. The molecule has 1 heterocycles. The Morgan fingerprint density at radius 1 is 1.26 bits per heavy atom. The number of nitrogen functional groups attached to an aromatic ring is 1. The van der Waals surface area contributed by atoms with Gasteiger partial charge in [-0.15, -0.1) is 0 Å². The maximum absolute atomic E-state index is 5.71. The Morgan fingerprint density at radius 3 is 2.74 bits per heavy atom. The fourth-order valence-electron chi connectivity index (χ4n) is 1.54. The minimum absolute atomic E-state index is 0.288. The molecule has 0 spiro atoms. The van der Waals surface area contributed by atoms with Crippen molar-refractivity contribution in [2.45, 2.75) is 13.5 Å². The summed E-state index contributed by atoms with van der Waals surface area (Å²) in [5.41, 5.74) is 6.85. The van der Waals surface area contributed by atoms with E-state index in [1.165, 1.54) is 0 Å². The Bertz CT molecular complexity index is 590. The molecule has 5 nitrogen and oxygen atoms in total. The molecule has 1 aromatic carbocycles. The molecule has 2 rings (SSSR count). The first-order valence-corrected chi connectivity index (χ1v) is 6.44. The zero-order valence-electron chi connectivity index (χ0n) is 10.7. The van der Waals surface area contributed by atoms with Gasteiger partial charge < -0.3 is 15.2 Å². The minimum Gasteiger partial charge on any atom is -0.438 e. The number of nitrogens with zero attached hydrogens (tertiary/aromatic N) is 2. The second-order valence-corrected chi connectivity index (χ2v) is 4.87. The maximum atomic E-state index is 5.71. The number of hydrogen-bond donors (Lipinski definition) is 1. The van der Waals surface area contributed by atoms with Crippen LogP contribution in [0.15, 0.2) is 28.7 Å². The van der Waals surface area contributed by atoms with E-state index in [2.05, 4.69) is 25.9 Å². The van der Waals surface area contributed by atoms with Crippen LogP contribution in [-0.4, -0.2) is 17.1 Å². The molecule has 6 heteroatoms. The van der Waals surface area contributed by atoms with Crippen LogP contribution in [0.5, 0.6) is 11.6 Å². The lowest BCUT2D eigenvalue weighted by Gasteiger charge is -2.09. The zero-order valence-corrected chi connectivity index (χ0v) is 12.3. The number of anilines is 1. The van der Waals surface area contributed by atoms with E-state index in [9.17, 15) is 0 Å². The average Bonchev–Trinajstić information content (AvgIpc) is 2.32. The van der Waals surface area contributed by atoms with Crippen molar-refractivity contribution in [3.8, 4) is 11.6 Å². The van der Waals surface area contributed by atoms with Crippen LogP contribution >= 0.6 is 15.9 Å². The van der Waals surface area contributed by atoms with Crippen molar-refractivity contribution in [1.29, 1.82) is 0 Å². The Labute approximate surface area is 119 Å². The van der Waals surface area contributed by atoms with Crippen LogP contribution in [0, 0.1) is 6.92 Å². The molecule has 0 bridgehead atoms. The number of aryl methyl sites for hydroxylation is 1. The molecule has 1 aromatic heterocycles. The van der Waals surface area contributed by atoms with Gasteiger partial charge in [0.05, 0.1) is 4.47 Å². The zero-order chi connectivity index (χ0) is 13.8. The minimum atomic E-state index is 0.288. The van der Waals surface area contributed by atoms with Gasteiger partial charge in [0.1, 0.15) is 18.2 Å². The molecule has 2 aromatic rings. The van der Waals surface area contributed by atoms with E-state index in [4.69, 9.17) is 15.2 Å². The molecule has 0 aliphatic carbocycles. The van der Waals surface area contributed by atoms with Crippen LogP contribution in [-0.2, 0) is 11.3 Å². The van der Waals surface area contributed by atoms with E-state index in [0.717, 1.165) is 10.0 Å². The third-order valence-corrected chi connectivity index (χ3v) is 2.96. The normalized spacial score (nSPS) is 10.5. The summed E-state index contributed by atoms with van der Waals surface area (Å²) in [6.45, 7) is 2.30. The Kier molecular flexibility index (Phi) is 4.34. The number of methoxy groups -OCH3 is 1. The van der Waals surface area contributed by atoms with Gasteiger partial charge >= 0.3 is 0 Å². The molecule has 0 saturated heterocycles. The molecule has 0 amide bonds. The molecule has 0 atom stereocenters. The molecule has 0 aliphatic rings. The Morgan fingerprint density at radius 2 is 2.05 bits per heavy atom. The van der Waals surface area contributed by atoms with Crippen molar-refractivity contribution in [2.24, 2.45) is 0 Å². The van der Waals surface area contributed by atoms with Gasteiger partial charge in [0.25, 0.3) is 0 Å². The monoisotopic (exact) mass is 323 g/mol. The highest BCUT2D eigenvalue weighted by Gasteiger charge is 2.07. The summed E-state index contributed by atoms with van der Waals surface area (Å²) in [5.74, 6) is 1.90. The predicted octanol–water partition coefficient (Wildman–Crippen LogP) is 3.07. The standard InChI is InChI=1S/C13H14BrN3O2/c1-8-3-4-10(9(14)5-8)19-13-6-11(15)16-12(17-13)7-18-2/h3-6H,7H2,1-2H3,(H2,15,16,17). The van der Waals surface area contributed by atoms with Crippen LogP contribution in [0.3, 0.4) is 0 Å². The van der Waals surface area contributed by atoms with E-state index in [0.29, 0.717) is 23.3 Å². The van der Waals surface area contributed by atoms with Gasteiger partial charge in [-0.3, -0.25) is 0 Å². The second kappa shape index (κ2) is 5.99. The number of benzene rings is 1. The van der Waals surface area contributed by atoms with Gasteiger partial charge in [-0.25, -0.2) is 4.98 Å². The van der Waals surface area contributed by atoms with E-state index in [1.807, 2.05) is 25.1 Å². The van der Waals surface area contributed by atoms with Crippen LogP contribution in [0.2, 0.25) is 0 Å². The Balaban J connectivity index is 2.27. The lowest BCUT2D eigenvalue weighted by Crippen LogP contribution is -2.02. The quantitative estimate of drug-likeness (QED) is 0.936. The fraction of sp³-hybridized carbons (Fsp3) is 0.231. The number of aromatic nitrogens is 2. The van der Waals surface area contributed by atoms with Crippen molar-refractivity contribution >= 4 is 21.7 Å². The third-order valence-electron chi connectivity index (χ3n) is 2.34. The molecule has 0 aliphatic heterocycles. The van der Waals surface area contributed by atoms with Crippen LogP contribution in [0.4, 0.5) is 5.82 Å². The smallest absolute Gasteiger partial charge is 0.224 e. The fourth-order valence-corrected chi connectivity index (χ4v) is 2.11. The van der Waals surface area contributed by atoms with Crippen molar-refractivity contribution in [2.75, 3.05) is 12.8 Å². The molecule has 0 fully saturated rings. The van der Waals surface area contributed by atoms with Crippen molar-refractivity contribution < 1.29 is 9.47 Å². The maximum Gasteiger partial charge on any atom is 0.224 e. The molecule has 2 N–H and O–H groups in total. The lowest BCUT2D eigenvalue weighted by atomic mass is 10.2. The van der Waals surface area contributed by atoms with Crippen molar-refractivity contribution in [3.63, 3.8) is 0 Å². The van der Waals surface area contributed by atoms with Crippen LogP contribution < -0.4 is 10.5 Å². The molecule has 0 saturated carbocycles. The van der Waals surface area contributed by atoms with Gasteiger partial charge in [0, 0.05) is 13.2 Å². The van der Waals surface area contributed by atoms with Crippen molar-refractivity contribution in [3.05, 3.63) is 40.1 Å². The number of ether oxygens (including phenoxy) is 2. The number of hydrogen-bond acceptors (Lipinski definition) is 5. The number of nitrogens with two attached hydrogens (primary N) is 1. The first-order valence-electron chi connectivity index (χ1n) is 5.65. The lowest BCUT2D eigenvalue weighted by molar-refractivity contribution is 0.177. The van der Waals surface area contributed by atoms with Gasteiger partial charge in [0.15, 0.2) is 5.82 Å². The third kappa shape index (κ3) is 3.65. The van der Waals surface area contributed by atoms with Gasteiger partial charge in [-0.2, -0.15) is 4.98 Å². The van der Waals surface area contributed by atoms with Crippen LogP contribution in [0.1, 0.15) is 11.4 Å². The molecule has 0 radical (unpaired) electrons. The first kappa shape index (κ1) is 13.8. The molecule has 19 heavy (non-hydrogen) atoms. The summed E-state index contributed by atoms with van der Waals surface area (Å²) in [5, 5.41) is 0. The van der Waals surface area contributed by atoms with Crippen LogP contribution in [0.25, 0.3) is 0 Å². The van der Waals surface area contributed by atoms with E-state index >= 15 is 0 Å². The molecular formula is C13H14BrN3O2. The molecular weight excluding hydrogens is 310 g/mol. The first-order chi connectivity index (χ1) is 9.08. The predicted molar refractivity (Wildman–Crippen MR) is 76.1 cm³/mol. The number of halogens is 1. The summed E-state index contributed by atoms with van der Waals surface area (Å²) in [4.78, 5) is 8.27. The molecule has 0 unspecified atom stereocenters. The van der Waals surface area contributed by atoms with Gasteiger partial charge in [0.2, 0.25) is 5.88 Å². The average molecular weight is 324 g/mol. The SMILES string of the molecule is COCc1nc(N)cc(Oc2ccc(C)cc2Br)n1. The highest BCUT2D eigenvalue weighted by molar-refractivity contribution is 9.10. The van der Waals surface area contributed by atoms with E-state index in [1.54, 1.807) is 13.2 Å². The summed E-state index contributed by atoms with van der Waals surface area (Å²) >= 11 is 3.45. The second-order valence-electron chi connectivity index (χ2n) is 4.02. The topological polar surface area (TPSA) is 70.3 Å². The highest BCUT2D eigenvalue weighted by atomic mass is 79.9. The highest BCUT2D eigenvalue weighted by Crippen LogP contribution is 2.30. The van der Waals surface area contributed by atoms with E-state index in [-0.39, 0.29) is 6.61 Å². The van der Waals surface area contributed by atoms with E-state index < -0.39 is 0 Å². The number of rotatable bonds is 4. The summed E-state index contributed by atoms with van der Waals surface area (Å²) in [6.07, 6.45) is 0. The summed E-state index contributed by atoms with van der Waals surface area (Å²) < 4.78 is 11.5. The van der Waals surface area contributed by atoms with Gasteiger partial charge in [-0.05, 0) is 40.5 Å². The summed E-state index contributed by atoms with van der Waals surface area (Å²) in [6, 6.07) is 7.37. The summed E-state index contributed by atoms with van der Waals surface area (Å²) in [7, 11) is 1.57. The van der Waals surface area contributed by atoms with Gasteiger partial charge in [-0.1, -0.05) is 6.07 Å². The Hall–Kier alpha value is -1.66. The molecule has 100 valence electrons.